The van der Waals surface area contributed by atoms with Gasteiger partial charge in [-0.25, -0.2) is 5.48 Å². The second-order valence-corrected chi connectivity index (χ2v) is 8.04. The number of benzene rings is 1. The number of hydrogen-bond acceptors (Lipinski definition) is 6. The lowest BCUT2D eigenvalue weighted by Gasteiger charge is -2.18. The van der Waals surface area contributed by atoms with Crippen LogP contribution >= 0.6 is 23.1 Å². The summed E-state index contributed by atoms with van der Waals surface area (Å²) < 4.78 is 0. The van der Waals surface area contributed by atoms with Crippen LogP contribution < -0.4 is 10.8 Å². The highest BCUT2D eigenvalue weighted by Crippen LogP contribution is 2.29. The molecule has 0 spiro atoms. The summed E-state index contributed by atoms with van der Waals surface area (Å²) in [4.78, 5) is 16.1. The fraction of sp³-hybridized carbons (Fsp3) is 0.350. The second-order valence-electron chi connectivity index (χ2n) is 5.87. The molecule has 5 nitrogen and oxygen atoms in total. The van der Waals surface area contributed by atoms with Crippen LogP contribution in [0.4, 0.5) is 5.69 Å². The van der Waals surface area contributed by atoms with Crippen molar-refractivity contribution in [3.63, 3.8) is 0 Å². The summed E-state index contributed by atoms with van der Waals surface area (Å²) in [6.07, 6.45) is 3.00. The highest BCUT2D eigenvalue weighted by Gasteiger charge is 2.07. The van der Waals surface area contributed by atoms with Crippen molar-refractivity contribution in [1.29, 1.82) is 0 Å². The molecule has 0 unspecified atom stereocenters. The Balaban J connectivity index is 2.09. The molecule has 3 N–H and O–H groups in total. The minimum atomic E-state index is -0.541. The van der Waals surface area contributed by atoms with Crippen molar-refractivity contribution in [3.05, 3.63) is 52.2 Å². The Morgan fingerprint density at radius 1 is 1.30 bits per heavy atom. The number of carbonyl (C=O) groups is 1. The third kappa shape index (κ3) is 7.38. The summed E-state index contributed by atoms with van der Waals surface area (Å²) in [6.45, 7) is 8.33. The number of carbonyl (C=O) groups excluding carboxylic acids is 1. The molecule has 0 saturated carbocycles. The van der Waals surface area contributed by atoms with Crippen molar-refractivity contribution in [2.45, 2.75) is 25.3 Å². The average molecular weight is 406 g/mol. The Kier molecular flexibility index (Phi) is 9.41. The number of anilines is 1. The quantitative estimate of drug-likeness (QED) is 0.225. The fourth-order valence-corrected chi connectivity index (χ4v) is 4.21. The first-order valence-corrected chi connectivity index (χ1v) is 10.9. The first-order valence-electron chi connectivity index (χ1n) is 9.03. The molecule has 1 heterocycles. The van der Waals surface area contributed by atoms with Crippen LogP contribution in [0.1, 0.15) is 24.3 Å². The zero-order chi connectivity index (χ0) is 19.5. The van der Waals surface area contributed by atoms with Gasteiger partial charge in [0.1, 0.15) is 0 Å². The van der Waals surface area contributed by atoms with Crippen LogP contribution in [-0.2, 0) is 11.3 Å². The first-order chi connectivity index (χ1) is 13.2. The van der Waals surface area contributed by atoms with Crippen molar-refractivity contribution < 1.29 is 10.0 Å². The van der Waals surface area contributed by atoms with Gasteiger partial charge in [-0.1, -0.05) is 26.0 Å². The van der Waals surface area contributed by atoms with Gasteiger partial charge in [-0.15, -0.1) is 23.1 Å². The standard InChI is InChI=1S/C20H27N3O2S2/c1-3-23(4-2)11-13-27-19-9-7-16(8-10-20(24)22-25)14-18(19)21-15-17-6-5-12-26-17/h5-10,12,14,21,25H,3-4,11,13,15H2,1-2H3,(H,22,24)/b10-8+. The molecule has 0 radical (unpaired) electrons. The summed E-state index contributed by atoms with van der Waals surface area (Å²) in [5, 5.41) is 14.2. The van der Waals surface area contributed by atoms with Gasteiger partial charge in [-0.2, -0.15) is 0 Å². The largest absolute Gasteiger partial charge is 0.379 e. The number of amides is 1. The van der Waals surface area contributed by atoms with Gasteiger partial charge in [-0.3, -0.25) is 10.0 Å². The molecule has 1 amide bonds. The lowest BCUT2D eigenvalue weighted by Crippen LogP contribution is -2.25. The molecule has 0 aliphatic rings. The third-order valence-electron chi connectivity index (χ3n) is 4.13. The van der Waals surface area contributed by atoms with Crippen molar-refractivity contribution in [1.82, 2.24) is 10.4 Å². The number of rotatable bonds is 11. The maximum Gasteiger partial charge on any atom is 0.267 e. The zero-order valence-corrected chi connectivity index (χ0v) is 17.4. The average Bonchev–Trinajstić information content (AvgIpc) is 3.22. The molecule has 0 fully saturated rings. The van der Waals surface area contributed by atoms with Crippen LogP contribution in [-0.4, -0.2) is 41.4 Å². The predicted molar refractivity (Wildman–Crippen MR) is 116 cm³/mol. The molecule has 1 aromatic heterocycles. The minimum Gasteiger partial charge on any atom is -0.379 e. The molecule has 0 aliphatic carbocycles. The van der Waals surface area contributed by atoms with E-state index in [9.17, 15) is 4.79 Å². The smallest absolute Gasteiger partial charge is 0.267 e. The van der Waals surface area contributed by atoms with Gasteiger partial charge in [-0.05, 0) is 48.3 Å². The van der Waals surface area contributed by atoms with Gasteiger partial charge in [0, 0.05) is 40.4 Å². The van der Waals surface area contributed by atoms with Crippen molar-refractivity contribution in [2.75, 3.05) is 30.7 Å². The molecule has 0 aliphatic heterocycles. The number of thiophene rings is 1. The molecule has 27 heavy (non-hydrogen) atoms. The first kappa shape index (κ1) is 21.5. The Labute approximate surface area is 169 Å². The van der Waals surface area contributed by atoms with E-state index in [4.69, 9.17) is 5.21 Å². The number of thioether (sulfide) groups is 1. The van der Waals surface area contributed by atoms with E-state index in [-0.39, 0.29) is 0 Å². The van der Waals surface area contributed by atoms with Crippen LogP contribution in [0.2, 0.25) is 0 Å². The molecular formula is C20H27N3O2S2. The number of hydrogen-bond donors (Lipinski definition) is 3. The van der Waals surface area contributed by atoms with E-state index in [1.165, 1.54) is 15.8 Å². The molecule has 7 heteroatoms. The summed E-state index contributed by atoms with van der Waals surface area (Å²) in [7, 11) is 0. The summed E-state index contributed by atoms with van der Waals surface area (Å²) >= 11 is 3.56. The Hall–Kier alpha value is -1.80. The predicted octanol–water partition coefficient (Wildman–Crippen LogP) is 4.31. The lowest BCUT2D eigenvalue weighted by molar-refractivity contribution is -0.124. The van der Waals surface area contributed by atoms with Crippen molar-refractivity contribution in [3.8, 4) is 0 Å². The maximum absolute atomic E-state index is 11.2. The summed E-state index contributed by atoms with van der Waals surface area (Å²) in [5.41, 5.74) is 3.56. The van der Waals surface area contributed by atoms with E-state index in [0.29, 0.717) is 0 Å². The molecule has 1 aromatic carbocycles. The molecule has 146 valence electrons. The summed E-state index contributed by atoms with van der Waals surface area (Å²) in [6, 6.07) is 10.3. The van der Waals surface area contributed by atoms with Crippen LogP contribution in [0.5, 0.6) is 0 Å². The molecule has 0 saturated heterocycles. The van der Waals surface area contributed by atoms with Crippen LogP contribution in [0.15, 0.2) is 46.7 Å². The fourth-order valence-electron chi connectivity index (χ4n) is 2.54. The number of hydroxylamine groups is 1. The topological polar surface area (TPSA) is 64.6 Å². The Morgan fingerprint density at radius 3 is 2.78 bits per heavy atom. The van der Waals surface area contributed by atoms with Crippen molar-refractivity contribution >= 4 is 40.8 Å². The number of nitrogens with one attached hydrogen (secondary N) is 2. The summed E-state index contributed by atoms with van der Waals surface area (Å²) in [5.74, 6) is 0.484. The van der Waals surface area contributed by atoms with E-state index in [1.807, 2.05) is 30.0 Å². The van der Waals surface area contributed by atoms with Crippen molar-refractivity contribution in [2.24, 2.45) is 0 Å². The Morgan fingerprint density at radius 2 is 2.11 bits per heavy atom. The zero-order valence-electron chi connectivity index (χ0n) is 15.8. The molecule has 0 bridgehead atoms. The monoisotopic (exact) mass is 405 g/mol. The SMILES string of the molecule is CCN(CC)CCSc1ccc(/C=C/C(=O)NO)cc1NCc1cccs1. The van der Waals surface area contributed by atoms with E-state index in [0.717, 1.165) is 43.2 Å². The molecule has 2 rings (SSSR count). The van der Waals surface area contributed by atoms with E-state index < -0.39 is 5.91 Å². The minimum absolute atomic E-state index is 0.541. The lowest BCUT2D eigenvalue weighted by atomic mass is 10.2. The third-order valence-corrected chi connectivity index (χ3v) is 6.06. The normalized spacial score (nSPS) is 11.3. The highest BCUT2D eigenvalue weighted by atomic mass is 32.2. The molecular weight excluding hydrogens is 378 g/mol. The van der Waals surface area contributed by atoms with Crippen LogP contribution in [0.25, 0.3) is 6.08 Å². The molecule has 0 atom stereocenters. The van der Waals surface area contributed by atoms with Gasteiger partial charge in [0.2, 0.25) is 0 Å². The van der Waals surface area contributed by atoms with E-state index in [2.05, 4.69) is 41.6 Å². The van der Waals surface area contributed by atoms with Crippen LogP contribution in [0, 0.1) is 0 Å². The Bertz CT molecular complexity index is 729. The highest BCUT2D eigenvalue weighted by molar-refractivity contribution is 7.99. The maximum atomic E-state index is 11.2. The van der Waals surface area contributed by atoms with Gasteiger partial charge in [0.15, 0.2) is 0 Å². The second kappa shape index (κ2) is 11.8. The number of nitrogens with zero attached hydrogens (tertiary/aromatic N) is 1. The van der Waals surface area contributed by atoms with E-state index >= 15 is 0 Å². The van der Waals surface area contributed by atoms with Gasteiger partial charge in [0.25, 0.3) is 5.91 Å². The van der Waals surface area contributed by atoms with E-state index in [1.54, 1.807) is 22.9 Å². The van der Waals surface area contributed by atoms with Gasteiger partial charge >= 0.3 is 0 Å². The van der Waals surface area contributed by atoms with Crippen LogP contribution in [0.3, 0.4) is 0 Å². The van der Waals surface area contributed by atoms with Gasteiger partial charge in [0.05, 0.1) is 0 Å². The van der Waals surface area contributed by atoms with Gasteiger partial charge < -0.3 is 10.2 Å². The molecule has 2 aromatic rings.